The maximum absolute atomic E-state index is 12.1. The molecule has 2 aliphatic carbocycles. The van der Waals surface area contributed by atoms with Crippen LogP contribution in [-0.2, 0) is 9.53 Å². The minimum atomic E-state index is -0.392. The first-order chi connectivity index (χ1) is 8.23. The summed E-state index contributed by atoms with van der Waals surface area (Å²) in [7, 11) is 1.51. The Morgan fingerprint density at radius 1 is 1.24 bits per heavy atom. The molecule has 0 amide bonds. The van der Waals surface area contributed by atoms with Crippen LogP contribution in [0, 0.1) is 5.92 Å². The van der Waals surface area contributed by atoms with Crippen molar-refractivity contribution in [3.8, 4) is 0 Å². The zero-order valence-corrected chi connectivity index (χ0v) is 11.1. The lowest BCUT2D eigenvalue weighted by Gasteiger charge is -2.37. The molecule has 0 aromatic heterocycles. The van der Waals surface area contributed by atoms with E-state index in [0.29, 0.717) is 12.0 Å². The highest BCUT2D eigenvalue weighted by atomic mass is 16.5. The average molecular weight is 239 g/mol. The fourth-order valence-corrected chi connectivity index (χ4v) is 3.25. The van der Waals surface area contributed by atoms with Gasteiger partial charge in [0.05, 0.1) is 7.11 Å². The van der Waals surface area contributed by atoms with Crippen molar-refractivity contribution < 1.29 is 9.53 Å². The number of hydrogen-bond acceptors (Lipinski definition) is 3. The number of rotatable bonds is 5. The Hall–Kier alpha value is -0.570. The van der Waals surface area contributed by atoms with Crippen molar-refractivity contribution in [2.45, 2.75) is 69.9 Å². The molecule has 0 aliphatic heterocycles. The van der Waals surface area contributed by atoms with Gasteiger partial charge in [0.15, 0.2) is 0 Å². The number of hydrogen-bond donors (Lipinski definition) is 1. The molecule has 0 spiro atoms. The highest BCUT2D eigenvalue weighted by Crippen LogP contribution is 2.43. The molecule has 0 aromatic rings. The van der Waals surface area contributed by atoms with E-state index >= 15 is 0 Å². The van der Waals surface area contributed by atoms with Gasteiger partial charge in [-0.2, -0.15) is 0 Å². The third-order valence-electron chi connectivity index (χ3n) is 4.45. The predicted octanol–water partition coefficient (Wildman–Crippen LogP) is 2.64. The molecule has 3 heteroatoms. The van der Waals surface area contributed by atoms with Gasteiger partial charge in [-0.3, -0.25) is 10.1 Å². The maximum Gasteiger partial charge on any atom is 0.326 e. The standard InChI is InChI=1S/C14H25NO2/c1-3-14(11-9-10-11,13(16)17-2)15-12-7-5-4-6-8-12/h11-12,15H,3-10H2,1-2H3. The molecule has 2 aliphatic rings. The summed E-state index contributed by atoms with van der Waals surface area (Å²) in [6.07, 6.45) is 9.55. The van der Waals surface area contributed by atoms with Gasteiger partial charge < -0.3 is 4.74 Å². The minimum absolute atomic E-state index is 0.0481. The SMILES string of the molecule is CCC(NC1CCCCC1)(C(=O)OC)C1CC1. The van der Waals surface area contributed by atoms with Gasteiger partial charge in [0.2, 0.25) is 0 Å². The zero-order chi connectivity index (χ0) is 12.3. The van der Waals surface area contributed by atoms with Gasteiger partial charge in [0.1, 0.15) is 5.54 Å². The number of carbonyl (C=O) groups excluding carboxylic acids is 1. The summed E-state index contributed by atoms with van der Waals surface area (Å²) in [5.74, 6) is 0.454. The van der Waals surface area contributed by atoms with Crippen LogP contribution in [0.2, 0.25) is 0 Å². The number of carbonyl (C=O) groups is 1. The van der Waals surface area contributed by atoms with Crippen LogP contribution in [0.1, 0.15) is 58.3 Å². The Morgan fingerprint density at radius 3 is 2.35 bits per heavy atom. The summed E-state index contributed by atoms with van der Waals surface area (Å²) in [6, 6.07) is 0.517. The van der Waals surface area contributed by atoms with Crippen molar-refractivity contribution in [3.63, 3.8) is 0 Å². The second-order valence-electron chi connectivity index (χ2n) is 5.57. The first-order valence-electron chi connectivity index (χ1n) is 7.09. The molecule has 1 atom stereocenters. The molecule has 2 rings (SSSR count). The van der Waals surface area contributed by atoms with E-state index in [4.69, 9.17) is 4.74 Å². The van der Waals surface area contributed by atoms with Gasteiger partial charge in [0, 0.05) is 6.04 Å². The smallest absolute Gasteiger partial charge is 0.326 e. The van der Waals surface area contributed by atoms with Crippen molar-refractivity contribution in [2.75, 3.05) is 7.11 Å². The van der Waals surface area contributed by atoms with E-state index in [1.165, 1.54) is 52.1 Å². The normalized spacial score (nSPS) is 25.3. The van der Waals surface area contributed by atoms with Crippen molar-refractivity contribution >= 4 is 5.97 Å². The molecule has 0 heterocycles. The first-order valence-corrected chi connectivity index (χ1v) is 7.09. The molecular formula is C14H25NO2. The van der Waals surface area contributed by atoms with Crippen LogP contribution in [-0.4, -0.2) is 24.7 Å². The number of nitrogens with one attached hydrogen (secondary N) is 1. The summed E-state index contributed by atoms with van der Waals surface area (Å²) in [5, 5.41) is 3.66. The van der Waals surface area contributed by atoms with E-state index in [9.17, 15) is 4.79 Å². The Balaban J connectivity index is 2.05. The quantitative estimate of drug-likeness (QED) is 0.750. The highest BCUT2D eigenvalue weighted by Gasteiger charge is 2.51. The summed E-state index contributed by atoms with van der Waals surface area (Å²) in [6.45, 7) is 2.10. The average Bonchev–Trinajstić information content (AvgIpc) is 3.21. The van der Waals surface area contributed by atoms with Crippen LogP contribution < -0.4 is 5.32 Å². The largest absolute Gasteiger partial charge is 0.468 e. The van der Waals surface area contributed by atoms with Gasteiger partial charge >= 0.3 is 5.97 Å². The first kappa shape index (κ1) is 12.9. The van der Waals surface area contributed by atoms with Crippen LogP contribution in [0.3, 0.4) is 0 Å². The van der Waals surface area contributed by atoms with Crippen LogP contribution in [0.4, 0.5) is 0 Å². The molecule has 0 bridgehead atoms. The van der Waals surface area contributed by atoms with Gasteiger partial charge in [0.25, 0.3) is 0 Å². The molecule has 3 nitrogen and oxygen atoms in total. The lowest BCUT2D eigenvalue weighted by molar-refractivity contribution is -0.150. The molecular weight excluding hydrogens is 214 g/mol. The summed E-state index contributed by atoms with van der Waals surface area (Å²) in [5.41, 5.74) is -0.392. The van der Waals surface area contributed by atoms with Crippen molar-refractivity contribution in [1.82, 2.24) is 5.32 Å². The maximum atomic E-state index is 12.1. The Kier molecular flexibility index (Phi) is 4.08. The molecule has 1 unspecified atom stereocenters. The number of ether oxygens (including phenoxy) is 1. The Bertz CT molecular complexity index is 269. The second-order valence-corrected chi connectivity index (χ2v) is 5.57. The van der Waals surface area contributed by atoms with Crippen molar-refractivity contribution in [1.29, 1.82) is 0 Å². The van der Waals surface area contributed by atoms with Gasteiger partial charge in [-0.1, -0.05) is 26.2 Å². The summed E-state index contributed by atoms with van der Waals surface area (Å²) < 4.78 is 5.05. The topological polar surface area (TPSA) is 38.3 Å². The van der Waals surface area contributed by atoms with Gasteiger partial charge in [-0.05, 0) is 38.0 Å². The fourth-order valence-electron chi connectivity index (χ4n) is 3.25. The molecule has 2 saturated carbocycles. The van der Waals surface area contributed by atoms with E-state index in [1.807, 2.05) is 0 Å². The van der Waals surface area contributed by atoms with Crippen LogP contribution in [0.25, 0.3) is 0 Å². The van der Waals surface area contributed by atoms with Gasteiger partial charge in [-0.15, -0.1) is 0 Å². The molecule has 17 heavy (non-hydrogen) atoms. The second kappa shape index (κ2) is 5.38. The number of methoxy groups -OCH3 is 1. The Labute approximate surface area is 104 Å². The van der Waals surface area contributed by atoms with Crippen LogP contribution >= 0.6 is 0 Å². The fraction of sp³-hybridized carbons (Fsp3) is 0.929. The zero-order valence-electron chi connectivity index (χ0n) is 11.1. The molecule has 98 valence electrons. The van der Waals surface area contributed by atoms with E-state index < -0.39 is 5.54 Å². The highest BCUT2D eigenvalue weighted by molar-refractivity contribution is 5.81. The van der Waals surface area contributed by atoms with E-state index in [1.54, 1.807) is 0 Å². The van der Waals surface area contributed by atoms with Crippen LogP contribution in [0.15, 0.2) is 0 Å². The number of esters is 1. The molecule has 0 saturated heterocycles. The molecule has 2 fully saturated rings. The van der Waals surface area contributed by atoms with E-state index in [-0.39, 0.29) is 5.97 Å². The predicted molar refractivity (Wildman–Crippen MR) is 67.8 cm³/mol. The summed E-state index contributed by atoms with van der Waals surface area (Å²) >= 11 is 0. The lowest BCUT2D eigenvalue weighted by atomic mass is 9.86. The monoisotopic (exact) mass is 239 g/mol. The Morgan fingerprint density at radius 2 is 1.88 bits per heavy atom. The minimum Gasteiger partial charge on any atom is -0.468 e. The molecule has 0 radical (unpaired) electrons. The van der Waals surface area contributed by atoms with Crippen molar-refractivity contribution in [3.05, 3.63) is 0 Å². The lowest BCUT2D eigenvalue weighted by Crippen LogP contribution is -2.58. The molecule has 0 aromatic carbocycles. The third kappa shape index (κ3) is 2.65. The van der Waals surface area contributed by atoms with E-state index in [0.717, 1.165) is 6.42 Å². The third-order valence-corrected chi connectivity index (χ3v) is 4.45. The van der Waals surface area contributed by atoms with E-state index in [2.05, 4.69) is 12.2 Å². The van der Waals surface area contributed by atoms with Crippen molar-refractivity contribution in [2.24, 2.45) is 5.92 Å². The van der Waals surface area contributed by atoms with Gasteiger partial charge in [-0.25, -0.2) is 0 Å². The van der Waals surface area contributed by atoms with Crippen LogP contribution in [0.5, 0.6) is 0 Å². The summed E-state index contributed by atoms with van der Waals surface area (Å²) in [4.78, 5) is 12.1. The molecule has 1 N–H and O–H groups in total.